The van der Waals surface area contributed by atoms with Crippen molar-refractivity contribution < 1.29 is 32.3 Å². The lowest BCUT2D eigenvalue weighted by atomic mass is 9.73. The number of halogens is 4. The van der Waals surface area contributed by atoms with E-state index in [4.69, 9.17) is 22.1 Å². The zero-order chi connectivity index (χ0) is 30.0. The molecule has 2 unspecified atom stereocenters. The molecule has 1 fully saturated rings. The molecule has 1 saturated heterocycles. The van der Waals surface area contributed by atoms with Crippen molar-refractivity contribution in [2.75, 3.05) is 26.2 Å². The molecule has 2 atom stereocenters. The third-order valence-corrected chi connectivity index (χ3v) is 8.03. The van der Waals surface area contributed by atoms with Gasteiger partial charge in [-0.2, -0.15) is 18.3 Å². The number of alkyl halides is 3. The topological polar surface area (TPSA) is 130 Å². The van der Waals surface area contributed by atoms with E-state index in [0.717, 1.165) is 4.88 Å². The molecule has 0 aromatic carbocycles. The van der Waals surface area contributed by atoms with Gasteiger partial charge in [0.2, 0.25) is 11.8 Å². The van der Waals surface area contributed by atoms with Gasteiger partial charge in [0.05, 0.1) is 36.0 Å². The van der Waals surface area contributed by atoms with Crippen LogP contribution in [0.5, 0.6) is 0 Å². The van der Waals surface area contributed by atoms with E-state index >= 15 is 0 Å². The number of nitrogens with one attached hydrogen (secondary N) is 1. The van der Waals surface area contributed by atoms with Crippen LogP contribution in [0, 0.1) is 5.41 Å². The molecular formula is C26H30ClF3N6O4S. The van der Waals surface area contributed by atoms with Crippen molar-refractivity contribution >= 4 is 46.4 Å². The molecule has 15 heteroatoms. The van der Waals surface area contributed by atoms with Gasteiger partial charge in [-0.05, 0) is 38.5 Å². The number of carbonyl (C=O) groups is 3. The van der Waals surface area contributed by atoms with Crippen LogP contribution in [-0.2, 0) is 32.1 Å². The Hall–Kier alpha value is -3.07. The van der Waals surface area contributed by atoms with E-state index in [9.17, 15) is 27.6 Å². The van der Waals surface area contributed by atoms with Gasteiger partial charge in [-0.25, -0.2) is 5.01 Å². The number of hydrazone groups is 1. The van der Waals surface area contributed by atoms with Crippen molar-refractivity contribution in [3.8, 4) is 0 Å². The highest BCUT2D eigenvalue weighted by Crippen LogP contribution is 2.40. The first-order chi connectivity index (χ1) is 19.2. The van der Waals surface area contributed by atoms with Gasteiger partial charge in [0.15, 0.2) is 0 Å². The molecule has 4 rings (SSSR count). The number of fused-ring (bicyclic) bond motifs is 1. The fourth-order valence-electron chi connectivity index (χ4n) is 4.67. The number of hydrogen-bond acceptors (Lipinski definition) is 8. The Morgan fingerprint density at radius 3 is 2.68 bits per heavy atom. The predicted molar refractivity (Wildman–Crippen MR) is 146 cm³/mol. The Kier molecular flexibility index (Phi) is 9.07. The van der Waals surface area contributed by atoms with Crippen molar-refractivity contribution in [1.29, 1.82) is 0 Å². The Morgan fingerprint density at radius 1 is 1.32 bits per heavy atom. The molecule has 2 aliphatic rings. The highest BCUT2D eigenvalue weighted by atomic mass is 35.5. The number of rotatable bonds is 10. The van der Waals surface area contributed by atoms with Crippen LogP contribution in [0.25, 0.3) is 0 Å². The van der Waals surface area contributed by atoms with E-state index < -0.39 is 47.4 Å². The van der Waals surface area contributed by atoms with E-state index in [2.05, 4.69) is 15.4 Å². The van der Waals surface area contributed by atoms with Gasteiger partial charge >= 0.3 is 6.18 Å². The van der Waals surface area contributed by atoms with Crippen LogP contribution in [0.2, 0.25) is 5.02 Å². The van der Waals surface area contributed by atoms with Crippen molar-refractivity contribution in [3.05, 3.63) is 51.4 Å². The molecule has 41 heavy (non-hydrogen) atoms. The Morgan fingerprint density at radius 2 is 2.07 bits per heavy atom. The third-order valence-electron chi connectivity index (χ3n) is 6.78. The summed E-state index contributed by atoms with van der Waals surface area (Å²) in [6.07, 6.45) is -3.07. The van der Waals surface area contributed by atoms with Crippen LogP contribution in [0.15, 0.2) is 40.9 Å². The van der Waals surface area contributed by atoms with Gasteiger partial charge in [-0.15, -0.1) is 11.3 Å². The molecule has 4 heterocycles. The highest BCUT2D eigenvalue weighted by molar-refractivity contribution is 7.10. The van der Waals surface area contributed by atoms with Crippen molar-refractivity contribution in [1.82, 2.24) is 20.2 Å². The summed E-state index contributed by atoms with van der Waals surface area (Å²) >= 11 is 7.33. The molecule has 0 saturated carbocycles. The normalized spacial score (nSPS) is 20.1. The Bertz CT molecular complexity index is 1320. The number of carbonyl (C=O) groups excluding carboxylic acids is 3. The molecule has 3 N–H and O–H groups in total. The molecule has 0 spiro atoms. The van der Waals surface area contributed by atoms with Crippen molar-refractivity contribution in [2.24, 2.45) is 16.3 Å². The molecule has 2 aromatic heterocycles. The zero-order valence-corrected chi connectivity index (χ0v) is 24.0. The van der Waals surface area contributed by atoms with Crippen LogP contribution in [0.1, 0.15) is 30.8 Å². The molecular weight excluding hydrogens is 585 g/mol. The maximum Gasteiger partial charge on any atom is 0.408 e. The maximum absolute atomic E-state index is 13.7. The number of likely N-dealkylation sites (tertiary alicyclic amines) is 1. The number of pyridine rings is 1. The molecule has 222 valence electrons. The molecule has 2 aromatic rings. The number of nitrogens with two attached hydrogens (primary N) is 1. The number of amides is 3. The first kappa shape index (κ1) is 30.9. The van der Waals surface area contributed by atoms with Crippen molar-refractivity contribution in [2.45, 2.75) is 51.1 Å². The largest absolute Gasteiger partial charge is 0.408 e. The second kappa shape index (κ2) is 12.0. The van der Waals surface area contributed by atoms with E-state index in [1.165, 1.54) is 36.3 Å². The number of ether oxygens (including phenoxy) is 1. The smallest absolute Gasteiger partial charge is 0.373 e. The van der Waals surface area contributed by atoms with Gasteiger partial charge in [0, 0.05) is 35.1 Å². The van der Waals surface area contributed by atoms with Gasteiger partial charge in [0.1, 0.15) is 18.0 Å². The summed E-state index contributed by atoms with van der Waals surface area (Å²) in [5.41, 5.74) is 3.90. The van der Waals surface area contributed by atoms with Crippen LogP contribution in [0.4, 0.5) is 13.2 Å². The molecule has 0 bridgehead atoms. The average Bonchev–Trinajstić information content (AvgIpc) is 3.42. The maximum atomic E-state index is 13.7. The second-order valence-electron chi connectivity index (χ2n) is 10.6. The standard InChI is InChI=1S/C26H30ClF3N6O4S/c1-24(2,31)22(38)33-19(13-40-12-18-9-16(27)14-41-18)21(37)35-8-6-25(10-17-5-3-4-7-32-17)20(11-35)34-36(23(25)39)15-26(28,29)30/h3-5,7,9,14,19H,6,8,10-13,15,31H2,1-2H3,(H,33,38). The summed E-state index contributed by atoms with van der Waals surface area (Å²) in [5.74, 6) is -1.91. The van der Waals surface area contributed by atoms with Crippen LogP contribution in [0.3, 0.4) is 0 Å². The number of aromatic nitrogens is 1. The molecule has 0 radical (unpaired) electrons. The third kappa shape index (κ3) is 7.42. The van der Waals surface area contributed by atoms with Gasteiger partial charge in [-0.3, -0.25) is 19.4 Å². The lowest BCUT2D eigenvalue weighted by Gasteiger charge is -2.39. The van der Waals surface area contributed by atoms with Gasteiger partial charge in [0.25, 0.3) is 5.91 Å². The second-order valence-corrected chi connectivity index (χ2v) is 12.0. The van der Waals surface area contributed by atoms with Crippen LogP contribution >= 0.6 is 22.9 Å². The van der Waals surface area contributed by atoms with Gasteiger partial charge < -0.3 is 20.7 Å². The van der Waals surface area contributed by atoms with E-state index in [-0.39, 0.29) is 44.9 Å². The summed E-state index contributed by atoms with van der Waals surface area (Å²) in [4.78, 5) is 46.2. The first-order valence-electron chi connectivity index (χ1n) is 12.7. The predicted octanol–water partition coefficient (Wildman–Crippen LogP) is 2.76. The van der Waals surface area contributed by atoms with E-state index in [0.29, 0.717) is 15.7 Å². The average molecular weight is 615 g/mol. The highest BCUT2D eigenvalue weighted by Gasteiger charge is 2.55. The SMILES string of the molecule is CC(C)(N)C(=O)NC(COCc1cc(Cl)cs1)C(=O)N1CCC2(Cc3ccccn3)C(=O)N(CC(F)(F)F)N=C2C1. The number of nitrogens with zero attached hydrogens (tertiary/aromatic N) is 4. The minimum atomic E-state index is -4.66. The van der Waals surface area contributed by atoms with Crippen molar-refractivity contribution in [3.63, 3.8) is 0 Å². The monoisotopic (exact) mass is 614 g/mol. The molecule has 3 amide bonds. The molecule has 0 aliphatic carbocycles. The number of thiophene rings is 1. The zero-order valence-electron chi connectivity index (χ0n) is 22.4. The molecule has 10 nitrogen and oxygen atoms in total. The summed E-state index contributed by atoms with van der Waals surface area (Å²) in [6, 6.07) is 5.67. The lowest BCUT2D eigenvalue weighted by Crippen LogP contribution is -2.60. The van der Waals surface area contributed by atoms with Gasteiger partial charge in [-0.1, -0.05) is 17.7 Å². The lowest BCUT2D eigenvalue weighted by molar-refractivity contribution is -0.163. The Balaban J connectivity index is 1.55. The van der Waals surface area contributed by atoms with E-state index in [1.54, 1.807) is 29.6 Å². The quantitative estimate of drug-likeness (QED) is 0.423. The summed E-state index contributed by atoms with van der Waals surface area (Å²) in [5, 5.41) is 9.39. The fraction of sp³-hybridized carbons (Fsp3) is 0.500. The number of piperidine rings is 1. The summed E-state index contributed by atoms with van der Waals surface area (Å²) in [7, 11) is 0. The van der Waals surface area contributed by atoms with Crippen LogP contribution < -0.4 is 11.1 Å². The van der Waals surface area contributed by atoms with Crippen LogP contribution in [-0.4, -0.2) is 82.3 Å². The van der Waals surface area contributed by atoms with E-state index in [1.807, 2.05) is 0 Å². The first-order valence-corrected chi connectivity index (χ1v) is 14.0. The molecule has 2 aliphatic heterocycles. The summed E-state index contributed by atoms with van der Waals surface area (Å²) in [6.45, 7) is 1.21. The Labute approximate surface area is 243 Å². The minimum absolute atomic E-state index is 0.0267. The summed E-state index contributed by atoms with van der Waals surface area (Å²) < 4.78 is 45.5. The number of hydrogen-bond donors (Lipinski definition) is 2. The minimum Gasteiger partial charge on any atom is -0.373 e. The fourth-order valence-corrected chi connectivity index (χ4v) is 5.67.